The molecule has 0 atom stereocenters. The fraction of sp³-hybridized carbons (Fsp3) is 0.211. The monoisotopic (exact) mass is 349 g/mol. The molecule has 1 aromatic carbocycles. The second-order valence-corrected chi connectivity index (χ2v) is 6.47. The highest BCUT2D eigenvalue weighted by Crippen LogP contribution is 2.26. The number of benzene rings is 1. The number of rotatable bonds is 3. The van der Waals surface area contributed by atoms with Crippen molar-refractivity contribution in [3.8, 4) is 11.3 Å². The van der Waals surface area contributed by atoms with E-state index in [-0.39, 0.29) is 11.7 Å². The molecule has 0 unspecified atom stereocenters. The van der Waals surface area contributed by atoms with E-state index < -0.39 is 0 Å². The minimum absolute atomic E-state index is 0.158. The largest absolute Gasteiger partial charge is 0.358 e. The van der Waals surface area contributed by atoms with Gasteiger partial charge in [0, 0.05) is 47.2 Å². The highest BCUT2D eigenvalue weighted by molar-refractivity contribution is 6.04. The van der Waals surface area contributed by atoms with Crippen molar-refractivity contribution in [3.63, 3.8) is 0 Å². The van der Waals surface area contributed by atoms with Crippen LogP contribution in [0.3, 0.4) is 0 Å². The van der Waals surface area contributed by atoms with Crippen LogP contribution in [0.2, 0.25) is 0 Å². The van der Waals surface area contributed by atoms with Crippen molar-refractivity contribution < 1.29 is 9.32 Å². The third-order valence-corrected chi connectivity index (χ3v) is 4.59. The molecule has 0 saturated heterocycles. The van der Waals surface area contributed by atoms with Gasteiger partial charge in [0.1, 0.15) is 5.69 Å². The molecule has 4 aromatic rings. The number of nitrogens with zero attached hydrogens (tertiary/aromatic N) is 3. The molecule has 0 aliphatic heterocycles. The first-order valence-corrected chi connectivity index (χ1v) is 8.30. The molecule has 26 heavy (non-hydrogen) atoms. The second kappa shape index (κ2) is 5.87. The van der Waals surface area contributed by atoms with Gasteiger partial charge in [-0.2, -0.15) is 5.10 Å². The van der Waals surface area contributed by atoms with Crippen molar-refractivity contribution in [1.82, 2.24) is 19.9 Å². The molecule has 0 aliphatic carbocycles. The number of hydrogen-bond acceptors (Lipinski definition) is 4. The molecule has 0 saturated carbocycles. The van der Waals surface area contributed by atoms with Crippen LogP contribution < -0.4 is 5.32 Å². The van der Waals surface area contributed by atoms with Crippen molar-refractivity contribution in [2.45, 2.75) is 20.8 Å². The van der Waals surface area contributed by atoms with E-state index in [1.54, 1.807) is 10.7 Å². The third-order valence-electron chi connectivity index (χ3n) is 4.59. The third kappa shape index (κ3) is 2.67. The van der Waals surface area contributed by atoms with Crippen LogP contribution in [0.1, 0.15) is 27.5 Å². The summed E-state index contributed by atoms with van der Waals surface area (Å²) in [6.45, 7) is 5.98. The molecular weight excluding hydrogens is 330 g/mol. The number of H-pyrrole nitrogens is 1. The lowest BCUT2D eigenvalue weighted by molar-refractivity contribution is 0.0988. The van der Waals surface area contributed by atoms with Gasteiger partial charge >= 0.3 is 0 Å². The minimum Gasteiger partial charge on any atom is -0.358 e. The highest BCUT2D eigenvalue weighted by atomic mass is 16.5. The molecular formula is C19H19N5O2. The Balaban J connectivity index is 1.59. The molecule has 1 amide bonds. The Morgan fingerprint density at radius 3 is 2.77 bits per heavy atom. The summed E-state index contributed by atoms with van der Waals surface area (Å²) in [5.74, 6) is -0.181. The molecule has 7 nitrogen and oxygen atoms in total. The number of amides is 1. The number of aryl methyl sites for hydroxylation is 4. The molecule has 7 heteroatoms. The normalized spacial score (nSPS) is 11.2. The maximum absolute atomic E-state index is 12.5. The average Bonchev–Trinajstić information content (AvgIpc) is 3.27. The fourth-order valence-electron chi connectivity index (χ4n) is 3.09. The van der Waals surface area contributed by atoms with Gasteiger partial charge in [-0.15, -0.1) is 0 Å². The van der Waals surface area contributed by atoms with Gasteiger partial charge in [0.05, 0.1) is 5.69 Å². The van der Waals surface area contributed by atoms with E-state index in [0.29, 0.717) is 11.4 Å². The summed E-state index contributed by atoms with van der Waals surface area (Å²) in [6.07, 6.45) is 1.85. The number of aromatic amines is 1. The fourth-order valence-corrected chi connectivity index (χ4v) is 3.09. The number of carbonyl (C=O) groups excluding carboxylic acids is 1. The zero-order chi connectivity index (χ0) is 18.4. The van der Waals surface area contributed by atoms with E-state index in [0.717, 1.165) is 27.9 Å². The van der Waals surface area contributed by atoms with Gasteiger partial charge in [-0.1, -0.05) is 5.16 Å². The lowest BCUT2D eigenvalue weighted by Gasteiger charge is -2.03. The Bertz CT molecular complexity index is 1130. The molecule has 0 spiro atoms. The van der Waals surface area contributed by atoms with E-state index in [1.807, 2.05) is 45.3 Å². The molecule has 132 valence electrons. The lowest BCUT2D eigenvalue weighted by atomic mass is 10.1. The first kappa shape index (κ1) is 16.1. The molecule has 3 heterocycles. The summed E-state index contributed by atoms with van der Waals surface area (Å²) in [6, 6.07) is 7.39. The van der Waals surface area contributed by atoms with E-state index in [4.69, 9.17) is 4.52 Å². The second-order valence-electron chi connectivity index (χ2n) is 6.47. The molecule has 0 bridgehead atoms. The van der Waals surface area contributed by atoms with Crippen LogP contribution in [0.25, 0.3) is 22.2 Å². The number of fused-ring (bicyclic) bond motifs is 1. The van der Waals surface area contributed by atoms with Crippen LogP contribution in [0.4, 0.5) is 5.69 Å². The quantitative estimate of drug-likeness (QED) is 0.590. The molecule has 0 aliphatic rings. The summed E-state index contributed by atoms with van der Waals surface area (Å²) in [7, 11) is 1.84. The van der Waals surface area contributed by atoms with Crippen molar-refractivity contribution in [3.05, 3.63) is 53.2 Å². The number of hydrogen-bond donors (Lipinski definition) is 2. The van der Waals surface area contributed by atoms with E-state index in [1.165, 1.54) is 5.56 Å². The Hall–Kier alpha value is -3.35. The highest BCUT2D eigenvalue weighted by Gasteiger charge is 2.17. The predicted molar refractivity (Wildman–Crippen MR) is 99.2 cm³/mol. The van der Waals surface area contributed by atoms with Gasteiger partial charge in [0.2, 0.25) is 5.76 Å². The Morgan fingerprint density at radius 2 is 2.04 bits per heavy atom. The van der Waals surface area contributed by atoms with Gasteiger partial charge in [0.15, 0.2) is 0 Å². The topological polar surface area (TPSA) is 88.7 Å². The summed E-state index contributed by atoms with van der Waals surface area (Å²) in [4.78, 5) is 15.8. The van der Waals surface area contributed by atoms with Crippen LogP contribution in [-0.4, -0.2) is 25.8 Å². The molecule has 0 radical (unpaired) electrons. The smallest absolute Gasteiger partial charge is 0.294 e. The Labute approximate surface area is 150 Å². The lowest BCUT2D eigenvalue weighted by Crippen LogP contribution is -2.10. The molecule has 0 fully saturated rings. The van der Waals surface area contributed by atoms with Crippen LogP contribution in [0.5, 0.6) is 0 Å². The maximum atomic E-state index is 12.5. The molecule has 3 aromatic heterocycles. The maximum Gasteiger partial charge on any atom is 0.294 e. The van der Waals surface area contributed by atoms with Crippen molar-refractivity contribution in [2.24, 2.45) is 7.05 Å². The van der Waals surface area contributed by atoms with Crippen LogP contribution in [0.15, 0.2) is 35.0 Å². The van der Waals surface area contributed by atoms with Gasteiger partial charge in [-0.3, -0.25) is 9.48 Å². The number of aromatic nitrogens is 4. The van der Waals surface area contributed by atoms with E-state index in [9.17, 15) is 4.79 Å². The van der Waals surface area contributed by atoms with Crippen molar-refractivity contribution >= 4 is 22.5 Å². The number of carbonyl (C=O) groups is 1. The number of anilines is 1. The van der Waals surface area contributed by atoms with Crippen LogP contribution >= 0.6 is 0 Å². The van der Waals surface area contributed by atoms with Crippen LogP contribution in [-0.2, 0) is 7.05 Å². The Morgan fingerprint density at radius 1 is 1.23 bits per heavy atom. The average molecular weight is 349 g/mol. The number of nitrogens with one attached hydrogen (secondary N) is 2. The van der Waals surface area contributed by atoms with Gasteiger partial charge in [-0.25, -0.2) is 0 Å². The van der Waals surface area contributed by atoms with Crippen molar-refractivity contribution in [1.29, 1.82) is 0 Å². The summed E-state index contributed by atoms with van der Waals surface area (Å²) in [5.41, 5.74) is 6.31. The van der Waals surface area contributed by atoms with E-state index in [2.05, 4.69) is 27.5 Å². The Kier molecular flexibility index (Phi) is 3.64. The SMILES string of the molecule is Cc1nn(C)cc1-c1cc(C(=O)Nc2ccc3[nH]c(C)c(C)c3c2)on1. The summed E-state index contributed by atoms with van der Waals surface area (Å²) < 4.78 is 6.93. The standard InChI is InChI=1S/C19H19N5O2/c1-10-11(2)20-16-6-5-13(7-14(10)16)21-19(25)18-8-17(23-26-18)15-9-24(4)22-12(15)3/h5-9,20H,1-4H3,(H,21,25). The first-order valence-electron chi connectivity index (χ1n) is 8.30. The zero-order valence-electron chi connectivity index (χ0n) is 15.0. The van der Waals surface area contributed by atoms with Gasteiger partial charge in [0.25, 0.3) is 5.91 Å². The zero-order valence-corrected chi connectivity index (χ0v) is 15.0. The van der Waals surface area contributed by atoms with Crippen LogP contribution in [0, 0.1) is 20.8 Å². The molecule has 4 rings (SSSR count). The van der Waals surface area contributed by atoms with Gasteiger partial charge in [-0.05, 0) is 44.5 Å². The van der Waals surface area contributed by atoms with Crippen molar-refractivity contribution in [2.75, 3.05) is 5.32 Å². The first-order chi connectivity index (χ1) is 12.4. The van der Waals surface area contributed by atoms with Gasteiger partial charge < -0.3 is 14.8 Å². The summed E-state index contributed by atoms with van der Waals surface area (Å²) >= 11 is 0. The predicted octanol–water partition coefficient (Wildman–Crippen LogP) is 3.73. The molecule has 2 N–H and O–H groups in total. The minimum atomic E-state index is -0.338. The summed E-state index contributed by atoms with van der Waals surface area (Å²) in [5, 5.41) is 12.2. The van der Waals surface area contributed by atoms with E-state index >= 15 is 0 Å².